The zero-order valence-electron chi connectivity index (χ0n) is 15.1. The van der Waals surface area contributed by atoms with E-state index in [1.165, 1.54) is 6.92 Å². The number of nitrogens with two attached hydrogens (primary N) is 1. The summed E-state index contributed by atoms with van der Waals surface area (Å²) in [6.45, 7) is 3.42. The Labute approximate surface area is 162 Å². The lowest BCUT2D eigenvalue weighted by Crippen LogP contribution is -2.55. The monoisotopic (exact) mass is 394 g/mol. The van der Waals surface area contributed by atoms with Gasteiger partial charge in [0, 0.05) is 39.5 Å². The van der Waals surface area contributed by atoms with Crippen LogP contribution >= 0.6 is 11.6 Å². The van der Waals surface area contributed by atoms with E-state index in [-0.39, 0.29) is 24.7 Å². The molecular formula is C18H23ClN4O4. The predicted molar refractivity (Wildman–Crippen MR) is 101 cm³/mol. The van der Waals surface area contributed by atoms with Crippen molar-refractivity contribution in [3.05, 3.63) is 29.3 Å². The molecule has 27 heavy (non-hydrogen) atoms. The number of benzene rings is 1. The van der Waals surface area contributed by atoms with Gasteiger partial charge in [0.2, 0.25) is 17.6 Å². The van der Waals surface area contributed by atoms with Crippen LogP contribution in [-0.4, -0.2) is 60.6 Å². The SMILES string of the molecule is CC(=O)N[C@@H](CCC(=O)C(N)=O)C(=O)N1CCN(c2ccccc2Cl)CC1. The summed E-state index contributed by atoms with van der Waals surface area (Å²) in [4.78, 5) is 50.2. The van der Waals surface area contributed by atoms with Crippen LogP contribution < -0.4 is 16.0 Å². The quantitative estimate of drug-likeness (QED) is 0.647. The van der Waals surface area contributed by atoms with Crippen LogP contribution in [0.1, 0.15) is 19.8 Å². The van der Waals surface area contributed by atoms with Gasteiger partial charge in [-0.2, -0.15) is 0 Å². The zero-order valence-corrected chi connectivity index (χ0v) is 15.9. The highest BCUT2D eigenvalue weighted by molar-refractivity contribution is 6.35. The molecule has 0 bridgehead atoms. The van der Waals surface area contributed by atoms with Crippen LogP contribution in [0, 0.1) is 0 Å². The Bertz CT molecular complexity index is 732. The van der Waals surface area contributed by atoms with Crippen molar-refractivity contribution in [3.8, 4) is 0 Å². The zero-order chi connectivity index (χ0) is 20.0. The Balaban J connectivity index is 1.97. The molecule has 1 aromatic rings. The molecule has 9 heteroatoms. The third-order valence-electron chi connectivity index (χ3n) is 4.39. The van der Waals surface area contributed by atoms with Crippen LogP contribution in [0.2, 0.25) is 5.02 Å². The molecule has 0 aliphatic carbocycles. The molecule has 3 amide bonds. The Hall–Kier alpha value is -2.61. The van der Waals surface area contributed by atoms with Crippen molar-refractivity contribution in [1.29, 1.82) is 0 Å². The number of ketones is 1. The Morgan fingerprint density at radius 2 is 1.78 bits per heavy atom. The lowest BCUT2D eigenvalue weighted by molar-refractivity contribution is -0.138. The van der Waals surface area contributed by atoms with E-state index in [0.717, 1.165) is 5.69 Å². The molecule has 0 radical (unpaired) electrons. The number of Topliss-reactive ketones (excluding diaryl/α,β-unsaturated/α-hetero) is 1. The topological polar surface area (TPSA) is 113 Å². The molecule has 1 heterocycles. The summed E-state index contributed by atoms with van der Waals surface area (Å²) >= 11 is 6.22. The Morgan fingerprint density at radius 1 is 1.15 bits per heavy atom. The summed E-state index contributed by atoms with van der Waals surface area (Å²) in [5, 5.41) is 3.21. The van der Waals surface area contributed by atoms with Crippen molar-refractivity contribution in [2.45, 2.75) is 25.8 Å². The first kappa shape index (κ1) is 20.7. The van der Waals surface area contributed by atoms with E-state index >= 15 is 0 Å². The molecule has 0 saturated carbocycles. The van der Waals surface area contributed by atoms with Gasteiger partial charge in [0.05, 0.1) is 10.7 Å². The van der Waals surface area contributed by atoms with E-state index < -0.39 is 17.7 Å². The normalized spacial score (nSPS) is 15.2. The second-order valence-corrected chi connectivity index (χ2v) is 6.75. The van der Waals surface area contributed by atoms with Gasteiger partial charge in [0.15, 0.2) is 0 Å². The first-order chi connectivity index (χ1) is 12.8. The van der Waals surface area contributed by atoms with Gasteiger partial charge in [-0.3, -0.25) is 19.2 Å². The van der Waals surface area contributed by atoms with Crippen molar-refractivity contribution < 1.29 is 19.2 Å². The molecule has 146 valence electrons. The number of halogens is 1. The summed E-state index contributed by atoms with van der Waals surface area (Å²) in [7, 11) is 0. The molecule has 0 unspecified atom stereocenters. The van der Waals surface area contributed by atoms with E-state index in [2.05, 4.69) is 10.2 Å². The highest BCUT2D eigenvalue weighted by Gasteiger charge is 2.29. The number of carbonyl (C=O) groups is 4. The van der Waals surface area contributed by atoms with Crippen molar-refractivity contribution in [2.24, 2.45) is 5.73 Å². The fraction of sp³-hybridized carbons (Fsp3) is 0.444. The molecule has 0 spiro atoms. The third-order valence-corrected chi connectivity index (χ3v) is 4.71. The van der Waals surface area contributed by atoms with Crippen LogP contribution in [0.4, 0.5) is 5.69 Å². The number of anilines is 1. The van der Waals surface area contributed by atoms with Crippen LogP contribution in [0.25, 0.3) is 0 Å². The Kier molecular flexibility index (Phi) is 7.18. The second-order valence-electron chi connectivity index (χ2n) is 6.34. The maximum absolute atomic E-state index is 12.8. The molecule has 0 aromatic heterocycles. The molecule has 1 fully saturated rings. The lowest BCUT2D eigenvalue weighted by atomic mass is 10.1. The number of para-hydroxylation sites is 1. The number of piperazine rings is 1. The average Bonchev–Trinajstić information content (AvgIpc) is 2.64. The summed E-state index contributed by atoms with van der Waals surface area (Å²) < 4.78 is 0. The molecule has 3 N–H and O–H groups in total. The van der Waals surface area contributed by atoms with E-state index in [1.54, 1.807) is 4.90 Å². The van der Waals surface area contributed by atoms with Crippen molar-refractivity contribution in [2.75, 3.05) is 31.1 Å². The highest BCUT2D eigenvalue weighted by Crippen LogP contribution is 2.26. The fourth-order valence-electron chi connectivity index (χ4n) is 3.00. The van der Waals surface area contributed by atoms with Gasteiger partial charge in [-0.1, -0.05) is 23.7 Å². The summed E-state index contributed by atoms with van der Waals surface area (Å²) in [6.07, 6.45) is -0.156. The summed E-state index contributed by atoms with van der Waals surface area (Å²) in [6, 6.07) is 6.64. The molecule has 1 aromatic carbocycles. The minimum atomic E-state index is -1.04. The second kappa shape index (κ2) is 9.36. The van der Waals surface area contributed by atoms with Gasteiger partial charge in [0.25, 0.3) is 5.91 Å². The Morgan fingerprint density at radius 3 is 2.33 bits per heavy atom. The number of nitrogens with one attached hydrogen (secondary N) is 1. The lowest BCUT2D eigenvalue weighted by Gasteiger charge is -2.38. The van der Waals surface area contributed by atoms with E-state index in [4.69, 9.17) is 17.3 Å². The number of primary amides is 1. The number of carbonyl (C=O) groups excluding carboxylic acids is 4. The number of hydrogen-bond acceptors (Lipinski definition) is 5. The summed E-state index contributed by atoms with van der Waals surface area (Å²) in [5.74, 6) is -2.46. The largest absolute Gasteiger partial charge is 0.367 e. The van der Waals surface area contributed by atoms with Gasteiger partial charge < -0.3 is 20.9 Å². The number of rotatable bonds is 7. The van der Waals surface area contributed by atoms with Crippen LogP contribution in [0.3, 0.4) is 0 Å². The molecule has 1 aliphatic heterocycles. The van der Waals surface area contributed by atoms with Gasteiger partial charge in [-0.05, 0) is 18.6 Å². The van der Waals surface area contributed by atoms with Gasteiger partial charge in [0.1, 0.15) is 6.04 Å². The van der Waals surface area contributed by atoms with Crippen LogP contribution in [0.15, 0.2) is 24.3 Å². The maximum Gasteiger partial charge on any atom is 0.284 e. The molecule has 2 rings (SSSR count). The minimum Gasteiger partial charge on any atom is -0.367 e. The third kappa shape index (κ3) is 5.68. The number of amides is 3. The number of nitrogens with zero attached hydrogens (tertiary/aromatic N) is 2. The van der Waals surface area contributed by atoms with Gasteiger partial charge >= 0.3 is 0 Å². The van der Waals surface area contributed by atoms with Crippen molar-refractivity contribution in [3.63, 3.8) is 0 Å². The van der Waals surface area contributed by atoms with E-state index in [0.29, 0.717) is 31.2 Å². The molecule has 1 atom stereocenters. The van der Waals surface area contributed by atoms with E-state index in [1.807, 2.05) is 24.3 Å². The van der Waals surface area contributed by atoms with Crippen LogP contribution in [-0.2, 0) is 19.2 Å². The molecular weight excluding hydrogens is 372 g/mol. The van der Waals surface area contributed by atoms with Crippen molar-refractivity contribution in [1.82, 2.24) is 10.2 Å². The minimum absolute atomic E-state index is 0.0327. The first-order valence-electron chi connectivity index (χ1n) is 8.67. The van der Waals surface area contributed by atoms with Crippen LogP contribution in [0.5, 0.6) is 0 Å². The average molecular weight is 395 g/mol. The molecule has 1 saturated heterocycles. The molecule has 1 aliphatic rings. The maximum atomic E-state index is 12.8. The molecule has 8 nitrogen and oxygen atoms in total. The first-order valence-corrected chi connectivity index (χ1v) is 9.05. The van der Waals surface area contributed by atoms with Gasteiger partial charge in [-0.15, -0.1) is 0 Å². The highest BCUT2D eigenvalue weighted by atomic mass is 35.5. The van der Waals surface area contributed by atoms with E-state index in [9.17, 15) is 19.2 Å². The number of hydrogen-bond donors (Lipinski definition) is 2. The van der Waals surface area contributed by atoms with Crippen molar-refractivity contribution >= 4 is 40.8 Å². The standard InChI is InChI=1S/C18H23ClN4O4/c1-12(24)21-14(6-7-16(25)17(20)26)18(27)23-10-8-22(9-11-23)15-5-3-2-4-13(15)19/h2-5,14H,6-11H2,1H3,(H2,20,26)(H,21,24)/t14-/m0/s1. The van der Waals surface area contributed by atoms with Gasteiger partial charge in [-0.25, -0.2) is 0 Å². The summed E-state index contributed by atoms with van der Waals surface area (Å²) in [5.41, 5.74) is 5.85. The predicted octanol–water partition coefficient (Wildman–Crippen LogP) is 0.328. The fourth-order valence-corrected chi connectivity index (χ4v) is 3.25. The smallest absolute Gasteiger partial charge is 0.284 e.